The van der Waals surface area contributed by atoms with Gasteiger partial charge in [0, 0.05) is 25.0 Å². The molecule has 1 atom stereocenters. The summed E-state index contributed by atoms with van der Waals surface area (Å²) < 4.78 is 10.3. The highest BCUT2D eigenvalue weighted by Gasteiger charge is 2.08. The summed E-state index contributed by atoms with van der Waals surface area (Å²) >= 11 is 1.71. The lowest BCUT2D eigenvalue weighted by Crippen LogP contribution is -2.18. The van der Waals surface area contributed by atoms with Gasteiger partial charge in [-0.15, -0.1) is 11.3 Å². The smallest absolute Gasteiger partial charge is 0.0951 e. The monoisotopic (exact) mass is 258 g/mol. The second-order valence-electron chi connectivity index (χ2n) is 3.80. The number of ether oxygens (including phenoxy) is 2. The Morgan fingerprint density at radius 1 is 1.41 bits per heavy atom. The molecule has 0 bridgehead atoms. The molecular weight excluding hydrogens is 236 g/mol. The number of aromatic nitrogens is 1. The van der Waals surface area contributed by atoms with E-state index in [1.807, 2.05) is 0 Å². The van der Waals surface area contributed by atoms with Gasteiger partial charge < -0.3 is 14.8 Å². The minimum atomic E-state index is 0.333. The van der Waals surface area contributed by atoms with Crippen LogP contribution in [0.2, 0.25) is 0 Å². The van der Waals surface area contributed by atoms with E-state index in [0.29, 0.717) is 25.9 Å². The van der Waals surface area contributed by atoms with Crippen molar-refractivity contribution in [2.24, 2.45) is 0 Å². The molecule has 0 aliphatic carbocycles. The fourth-order valence-corrected chi connectivity index (χ4v) is 2.33. The maximum Gasteiger partial charge on any atom is 0.0951 e. The zero-order valence-electron chi connectivity index (χ0n) is 10.9. The van der Waals surface area contributed by atoms with Gasteiger partial charge in [0.05, 0.1) is 30.5 Å². The van der Waals surface area contributed by atoms with Gasteiger partial charge in [-0.2, -0.15) is 0 Å². The maximum absolute atomic E-state index is 5.42. The Balaban J connectivity index is 2.25. The first-order chi connectivity index (χ1) is 8.27. The predicted octanol–water partition coefficient (Wildman–Crippen LogP) is 2.02. The minimum absolute atomic E-state index is 0.333. The molecule has 0 saturated heterocycles. The number of hydrogen-bond donors (Lipinski definition) is 1. The van der Waals surface area contributed by atoms with Crippen molar-refractivity contribution < 1.29 is 9.47 Å². The zero-order chi connectivity index (χ0) is 12.5. The molecular formula is C12H22N2O2S. The van der Waals surface area contributed by atoms with Crippen LogP contribution in [0.25, 0.3) is 0 Å². The van der Waals surface area contributed by atoms with Crippen LogP contribution in [0.3, 0.4) is 0 Å². The van der Waals surface area contributed by atoms with Crippen molar-refractivity contribution >= 4 is 11.3 Å². The summed E-state index contributed by atoms with van der Waals surface area (Å²) in [5.41, 5.74) is 1.13. The van der Waals surface area contributed by atoms with Crippen molar-refractivity contribution in [1.29, 1.82) is 0 Å². The highest BCUT2D eigenvalue weighted by molar-refractivity contribution is 7.09. The summed E-state index contributed by atoms with van der Waals surface area (Å²) in [6, 6.07) is 0.333. The second-order valence-corrected chi connectivity index (χ2v) is 4.74. The van der Waals surface area contributed by atoms with Crippen molar-refractivity contribution in [2.75, 3.05) is 33.5 Å². The van der Waals surface area contributed by atoms with E-state index in [4.69, 9.17) is 9.47 Å². The molecule has 4 nitrogen and oxygen atoms in total. The minimum Gasteiger partial charge on any atom is -0.382 e. The van der Waals surface area contributed by atoms with E-state index in [0.717, 1.165) is 23.7 Å². The van der Waals surface area contributed by atoms with E-state index < -0.39 is 0 Å². The van der Waals surface area contributed by atoms with Gasteiger partial charge >= 0.3 is 0 Å². The lowest BCUT2D eigenvalue weighted by molar-refractivity contribution is 0.0722. The molecule has 17 heavy (non-hydrogen) atoms. The van der Waals surface area contributed by atoms with E-state index in [9.17, 15) is 0 Å². The number of rotatable bonds is 9. The Hall–Kier alpha value is -0.490. The molecule has 0 fully saturated rings. The van der Waals surface area contributed by atoms with E-state index in [1.165, 1.54) is 0 Å². The molecule has 0 saturated carbocycles. The topological polar surface area (TPSA) is 43.4 Å². The van der Waals surface area contributed by atoms with Crippen molar-refractivity contribution in [3.63, 3.8) is 0 Å². The van der Waals surface area contributed by atoms with Crippen LogP contribution < -0.4 is 5.32 Å². The van der Waals surface area contributed by atoms with Crippen LogP contribution >= 0.6 is 11.3 Å². The zero-order valence-corrected chi connectivity index (χ0v) is 11.7. The third-order valence-corrected chi connectivity index (χ3v) is 3.34. The molecule has 1 aromatic rings. The molecule has 5 heteroatoms. The highest BCUT2D eigenvalue weighted by atomic mass is 32.1. The number of methoxy groups -OCH3 is 1. The predicted molar refractivity (Wildman–Crippen MR) is 70.6 cm³/mol. The summed E-state index contributed by atoms with van der Waals surface area (Å²) in [7, 11) is 1.68. The maximum atomic E-state index is 5.42. The van der Waals surface area contributed by atoms with Crippen LogP contribution in [0, 0.1) is 0 Å². The molecule has 0 radical (unpaired) electrons. The average molecular weight is 258 g/mol. The van der Waals surface area contributed by atoms with Crippen LogP contribution in [0.1, 0.15) is 30.6 Å². The number of thiazole rings is 1. The van der Waals surface area contributed by atoms with Crippen LogP contribution in [-0.2, 0) is 15.9 Å². The fraction of sp³-hybridized carbons (Fsp3) is 0.750. The summed E-state index contributed by atoms with van der Waals surface area (Å²) in [6.07, 6.45) is 0.882. The summed E-state index contributed by atoms with van der Waals surface area (Å²) in [4.78, 5) is 4.59. The molecule has 1 aromatic heterocycles. The lowest BCUT2D eigenvalue weighted by Gasteiger charge is -2.08. The first-order valence-corrected chi connectivity index (χ1v) is 6.90. The van der Waals surface area contributed by atoms with Gasteiger partial charge in [0.25, 0.3) is 0 Å². The lowest BCUT2D eigenvalue weighted by atomic mass is 10.2. The summed E-state index contributed by atoms with van der Waals surface area (Å²) in [5.74, 6) is 0. The molecule has 1 heterocycles. The van der Waals surface area contributed by atoms with Gasteiger partial charge in [0.15, 0.2) is 0 Å². The van der Waals surface area contributed by atoms with E-state index >= 15 is 0 Å². The van der Waals surface area contributed by atoms with Crippen LogP contribution in [0.4, 0.5) is 0 Å². The van der Waals surface area contributed by atoms with E-state index in [2.05, 4.69) is 29.5 Å². The Bertz CT molecular complexity index is 304. The largest absolute Gasteiger partial charge is 0.382 e. The van der Waals surface area contributed by atoms with Crippen molar-refractivity contribution in [3.05, 3.63) is 16.1 Å². The van der Waals surface area contributed by atoms with Gasteiger partial charge in [-0.1, -0.05) is 6.92 Å². The Labute approximate surface area is 107 Å². The van der Waals surface area contributed by atoms with Crippen molar-refractivity contribution in [1.82, 2.24) is 10.3 Å². The standard InChI is InChI=1S/C12H22N2O2S/c1-4-13-10(2)11-9-17-12(14-11)5-6-16-8-7-15-3/h9-10,13H,4-8H2,1-3H3. The average Bonchev–Trinajstić information content (AvgIpc) is 2.78. The highest BCUT2D eigenvalue weighted by Crippen LogP contribution is 2.16. The molecule has 1 N–H and O–H groups in total. The molecule has 1 rings (SSSR count). The van der Waals surface area contributed by atoms with Crippen molar-refractivity contribution in [3.8, 4) is 0 Å². The van der Waals surface area contributed by atoms with Gasteiger partial charge in [-0.05, 0) is 13.5 Å². The van der Waals surface area contributed by atoms with Gasteiger partial charge in [0.2, 0.25) is 0 Å². The first kappa shape index (κ1) is 14.6. The summed E-state index contributed by atoms with van der Waals surface area (Å²) in [6.45, 7) is 7.23. The van der Waals surface area contributed by atoms with Gasteiger partial charge in [0.1, 0.15) is 0 Å². The van der Waals surface area contributed by atoms with Crippen LogP contribution in [0.5, 0.6) is 0 Å². The second kappa shape index (κ2) is 8.58. The number of nitrogens with zero attached hydrogens (tertiary/aromatic N) is 1. The van der Waals surface area contributed by atoms with Gasteiger partial charge in [-0.25, -0.2) is 4.98 Å². The van der Waals surface area contributed by atoms with Crippen LogP contribution in [-0.4, -0.2) is 38.5 Å². The number of hydrogen-bond acceptors (Lipinski definition) is 5. The van der Waals surface area contributed by atoms with E-state index in [1.54, 1.807) is 18.4 Å². The Morgan fingerprint density at radius 2 is 2.24 bits per heavy atom. The SMILES string of the molecule is CCNC(C)c1csc(CCOCCOC)n1. The Morgan fingerprint density at radius 3 is 2.94 bits per heavy atom. The van der Waals surface area contributed by atoms with E-state index in [-0.39, 0.29) is 0 Å². The number of nitrogens with one attached hydrogen (secondary N) is 1. The normalized spacial score (nSPS) is 12.9. The molecule has 0 amide bonds. The molecule has 0 aliphatic rings. The van der Waals surface area contributed by atoms with Crippen molar-refractivity contribution in [2.45, 2.75) is 26.3 Å². The summed E-state index contributed by atoms with van der Waals surface area (Å²) in [5, 5.41) is 6.62. The third-order valence-electron chi connectivity index (χ3n) is 2.42. The third kappa shape index (κ3) is 5.59. The molecule has 1 unspecified atom stereocenters. The molecule has 0 aliphatic heterocycles. The Kier molecular flexibility index (Phi) is 7.35. The first-order valence-electron chi connectivity index (χ1n) is 6.02. The quantitative estimate of drug-likeness (QED) is 0.688. The van der Waals surface area contributed by atoms with Crippen LogP contribution in [0.15, 0.2) is 5.38 Å². The molecule has 0 spiro atoms. The molecule has 0 aromatic carbocycles. The van der Waals surface area contributed by atoms with Gasteiger partial charge in [-0.3, -0.25) is 0 Å². The fourth-order valence-electron chi connectivity index (χ4n) is 1.45. The molecule has 98 valence electrons.